The van der Waals surface area contributed by atoms with Crippen molar-refractivity contribution in [1.82, 2.24) is 15.5 Å². The maximum Gasteiger partial charge on any atom is 0.162 e. The summed E-state index contributed by atoms with van der Waals surface area (Å²) < 4.78 is 16.3. The first-order chi connectivity index (χ1) is 11.4. The molecule has 118 valence electrons. The van der Waals surface area contributed by atoms with Crippen LogP contribution in [0, 0.1) is 0 Å². The zero-order valence-corrected chi connectivity index (χ0v) is 12.5. The summed E-state index contributed by atoms with van der Waals surface area (Å²) in [5, 5.41) is 10.6. The van der Waals surface area contributed by atoms with Crippen LogP contribution in [0.3, 0.4) is 0 Å². The molecule has 0 saturated heterocycles. The van der Waals surface area contributed by atoms with Crippen molar-refractivity contribution < 1.29 is 13.9 Å². The highest BCUT2D eigenvalue weighted by atomic mass is 16.6. The van der Waals surface area contributed by atoms with Crippen LogP contribution in [0.5, 0.6) is 11.5 Å². The standard InChI is InChI=1S/C17H17N3O3/c1-2-15-16(23-6-5-22-15)7-13(1)17-14(10-19-20-17)9-18-8-12-3-4-21-11-12/h1-4,7,10-11,18H,5-6,8-9H2,(H,19,20). The first-order valence-corrected chi connectivity index (χ1v) is 7.54. The van der Waals surface area contributed by atoms with E-state index in [1.165, 1.54) is 0 Å². The summed E-state index contributed by atoms with van der Waals surface area (Å²) in [6.07, 6.45) is 5.26. The van der Waals surface area contributed by atoms with Crippen molar-refractivity contribution >= 4 is 0 Å². The van der Waals surface area contributed by atoms with Gasteiger partial charge in [0.15, 0.2) is 11.5 Å². The lowest BCUT2D eigenvalue weighted by molar-refractivity contribution is 0.171. The molecule has 6 heteroatoms. The van der Waals surface area contributed by atoms with Crippen LogP contribution in [0.25, 0.3) is 11.3 Å². The molecule has 1 aromatic carbocycles. The van der Waals surface area contributed by atoms with Crippen LogP contribution in [-0.2, 0) is 13.1 Å². The number of hydrogen-bond donors (Lipinski definition) is 2. The minimum atomic E-state index is 0.582. The Morgan fingerprint density at radius 2 is 2.00 bits per heavy atom. The van der Waals surface area contributed by atoms with E-state index in [1.54, 1.807) is 12.5 Å². The van der Waals surface area contributed by atoms with Crippen molar-refractivity contribution in [2.75, 3.05) is 13.2 Å². The number of rotatable bonds is 5. The zero-order valence-electron chi connectivity index (χ0n) is 12.5. The van der Waals surface area contributed by atoms with Gasteiger partial charge in [-0.1, -0.05) is 0 Å². The number of hydrogen-bond acceptors (Lipinski definition) is 5. The normalized spacial score (nSPS) is 13.2. The van der Waals surface area contributed by atoms with E-state index >= 15 is 0 Å². The molecule has 4 rings (SSSR count). The van der Waals surface area contributed by atoms with Crippen LogP contribution >= 0.6 is 0 Å². The lowest BCUT2D eigenvalue weighted by Gasteiger charge is -2.18. The Morgan fingerprint density at radius 1 is 1.09 bits per heavy atom. The number of nitrogens with one attached hydrogen (secondary N) is 2. The van der Waals surface area contributed by atoms with Gasteiger partial charge in [-0.25, -0.2) is 0 Å². The van der Waals surface area contributed by atoms with Crippen molar-refractivity contribution in [2.45, 2.75) is 13.1 Å². The van der Waals surface area contributed by atoms with Crippen LogP contribution in [0.2, 0.25) is 0 Å². The van der Waals surface area contributed by atoms with Crippen LogP contribution in [0.1, 0.15) is 11.1 Å². The summed E-state index contributed by atoms with van der Waals surface area (Å²) >= 11 is 0. The van der Waals surface area contributed by atoms with Crippen LogP contribution < -0.4 is 14.8 Å². The minimum Gasteiger partial charge on any atom is -0.486 e. The quantitative estimate of drug-likeness (QED) is 0.758. The fraction of sp³-hybridized carbons (Fsp3) is 0.235. The summed E-state index contributed by atoms with van der Waals surface area (Å²) in [5.41, 5.74) is 4.24. The van der Waals surface area contributed by atoms with Gasteiger partial charge in [0, 0.05) is 29.8 Å². The molecule has 2 aromatic heterocycles. The molecule has 0 amide bonds. The van der Waals surface area contributed by atoms with Gasteiger partial charge in [-0.3, -0.25) is 5.10 Å². The van der Waals surface area contributed by atoms with E-state index < -0.39 is 0 Å². The molecule has 0 aliphatic carbocycles. The lowest BCUT2D eigenvalue weighted by Crippen LogP contribution is -2.15. The Morgan fingerprint density at radius 3 is 2.87 bits per heavy atom. The van der Waals surface area contributed by atoms with E-state index in [4.69, 9.17) is 13.9 Å². The van der Waals surface area contributed by atoms with Crippen molar-refractivity contribution in [2.24, 2.45) is 0 Å². The molecule has 3 aromatic rings. The SMILES string of the molecule is c1cc(CNCc2cn[nH]c2-c2ccc3c(c2)OCCO3)co1. The molecule has 1 aliphatic heterocycles. The minimum absolute atomic E-state index is 0.582. The smallest absolute Gasteiger partial charge is 0.162 e. The van der Waals surface area contributed by atoms with Crippen molar-refractivity contribution in [3.05, 3.63) is 54.1 Å². The number of aromatic nitrogens is 2. The molecule has 0 fully saturated rings. The maximum absolute atomic E-state index is 5.65. The first-order valence-electron chi connectivity index (χ1n) is 7.54. The third-order valence-corrected chi connectivity index (χ3v) is 3.77. The topological polar surface area (TPSA) is 72.3 Å². The second kappa shape index (κ2) is 6.18. The van der Waals surface area contributed by atoms with E-state index in [0.29, 0.717) is 19.8 Å². The lowest BCUT2D eigenvalue weighted by atomic mass is 10.1. The summed E-state index contributed by atoms with van der Waals surface area (Å²) in [6.45, 7) is 2.64. The first kappa shape index (κ1) is 13.9. The highest BCUT2D eigenvalue weighted by molar-refractivity contribution is 5.66. The van der Waals surface area contributed by atoms with Crippen molar-refractivity contribution in [3.8, 4) is 22.8 Å². The van der Waals surface area contributed by atoms with E-state index in [-0.39, 0.29) is 0 Å². The molecule has 0 spiro atoms. The molecular formula is C17H17N3O3. The Hall–Kier alpha value is -2.73. The van der Waals surface area contributed by atoms with Crippen molar-refractivity contribution in [3.63, 3.8) is 0 Å². The van der Waals surface area contributed by atoms with Gasteiger partial charge >= 0.3 is 0 Å². The highest BCUT2D eigenvalue weighted by Gasteiger charge is 2.14. The number of aromatic amines is 1. The largest absolute Gasteiger partial charge is 0.486 e. The van der Waals surface area contributed by atoms with Gasteiger partial charge in [0.25, 0.3) is 0 Å². The van der Waals surface area contributed by atoms with Crippen molar-refractivity contribution in [1.29, 1.82) is 0 Å². The number of H-pyrrole nitrogens is 1. The fourth-order valence-corrected chi connectivity index (χ4v) is 2.63. The molecule has 0 saturated carbocycles. The van der Waals surface area contributed by atoms with Crippen LogP contribution in [0.4, 0.5) is 0 Å². The molecule has 6 nitrogen and oxygen atoms in total. The number of benzene rings is 1. The summed E-state index contributed by atoms with van der Waals surface area (Å²) in [5.74, 6) is 1.57. The van der Waals surface area contributed by atoms with E-state index in [1.807, 2.05) is 30.5 Å². The molecule has 3 heterocycles. The monoisotopic (exact) mass is 311 g/mol. The third kappa shape index (κ3) is 2.93. The summed E-state index contributed by atoms with van der Waals surface area (Å²) in [6, 6.07) is 7.89. The van der Waals surface area contributed by atoms with Gasteiger partial charge in [0.1, 0.15) is 13.2 Å². The third-order valence-electron chi connectivity index (χ3n) is 3.77. The average Bonchev–Trinajstić information content (AvgIpc) is 3.26. The Bertz CT molecular complexity index is 780. The predicted octanol–water partition coefficient (Wildman–Crippen LogP) is 2.73. The zero-order chi connectivity index (χ0) is 15.5. The van der Waals surface area contributed by atoms with Gasteiger partial charge < -0.3 is 19.2 Å². The predicted molar refractivity (Wildman–Crippen MR) is 84.3 cm³/mol. The van der Waals surface area contributed by atoms with Gasteiger partial charge in [-0.15, -0.1) is 0 Å². The number of furan rings is 1. The van der Waals surface area contributed by atoms with Gasteiger partial charge in [0.05, 0.1) is 24.4 Å². The number of nitrogens with zero attached hydrogens (tertiary/aromatic N) is 1. The van der Waals surface area contributed by atoms with Crippen LogP contribution in [-0.4, -0.2) is 23.4 Å². The van der Waals surface area contributed by atoms with Crippen LogP contribution in [0.15, 0.2) is 47.4 Å². The van der Waals surface area contributed by atoms with Gasteiger partial charge in [-0.2, -0.15) is 5.10 Å². The number of fused-ring (bicyclic) bond motifs is 1. The molecule has 0 atom stereocenters. The molecule has 0 radical (unpaired) electrons. The molecule has 0 bridgehead atoms. The highest BCUT2D eigenvalue weighted by Crippen LogP contribution is 2.34. The number of ether oxygens (including phenoxy) is 2. The summed E-state index contributed by atoms with van der Waals surface area (Å²) in [4.78, 5) is 0. The Labute approximate surface area is 133 Å². The van der Waals surface area contributed by atoms with E-state index in [0.717, 1.165) is 40.4 Å². The Kier molecular flexibility index (Phi) is 3.73. The van der Waals surface area contributed by atoms with Gasteiger partial charge in [-0.05, 0) is 24.3 Å². The molecular weight excluding hydrogens is 294 g/mol. The average molecular weight is 311 g/mol. The fourth-order valence-electron chi connectivity index (χ4n) is 2.63. The van der Waals surface area contributed by atoms with Gasteiger partial charge in [0.2, 0.25) is 0 Å². The molecule has 1 aliphatic rings. The second-order valence-corrected chi connectivity index (χ2v) is 5.36. The molecule has 0 unspecified atom stereocenters. The maximum atomic E-state index is 5.65. The molecule has 2 N–H and O–H groups in total. The van der Waals surface area contributed by atoms with E-state index in [9.17, 15) is 0 Å². The Balaban J connectivity index is 1.50. The summed E-state index contributed by atoms with van der Waals surface area (Å²) in [7, 11) is 0. The van der Waals surface area contributed by atoms with E-state index in [2.05, 4.69) is 15.5 Å². The molecule has 23 heavy (non-hydrogen) atoms. The second-order valence-electron chi connectivity index (χ2n) is 5.36.